The third kappa shape index (κ3) is 5.61. The van der Waals surface area contributed by atoms with E-state index in [1.807, 2.05) is 6.92 Å². The number of rotatable bonds is 10. The third-order valence-electron chi connectivity index (χ3n) is 7.72. The Kier molecular flexibility index (Phi) is 8.36. The molecule has 0 aromatic heterocycles. The number of benzene rings is 4. The Balaban J connectivity index is 1.37. The van der Waals surface area contributed by atoms with Crippen LogP contribution in [0, 0.1) is 16.0 Å². The number of hydroxylamine groups is 1. The van der Waals surface area contributed by atoms with Gasteiger partial charge in [-0.25, -0.2) is 14.8 Å². The van der Waals surface area contributed by atoms with Crippen molar-refractivity contribution in [1.29, 1.82) is 0 Å². The van der Waals surface area contributed by atoms with Gasteiger partial charge < -0.3 is 14.2 Å². The van der Waals surface area contributed by atoms with Crippen molar-refractivity contribution in [2.75, 3.05) is 23.7 Å². The first-order chi connectivity index (χ1) is 22.3. The van der Waals surface area contributed by atoms with Crippen LogP contribution in [0.4, 0.5) is 17.1 Å². The smallest absolute Gasteiger partial charge is 0.343 e. The Hall–Kier alpha value is -5.75. The fourth-order valence-electron chi connectivity index (χ4n) is 5.57. The highest BCUT2D eigenvalue weighted by Gasteiger charge is 2.60. The van der Waals surface area contributed by atoms with Crippen molar-refractivity contribution in [2.45, 2.75) is 25.5 Å². The maximum Gasteiger partial charge on any atom is 0.343 e. The number of imide groups is 1. The van der Waals surface area contributed by atoms with Gasteiger partial charge in [-0.3, -0.25) is 24.5 Å². The first kappa shape index (κ1) is 30.3. The van der Waals surface area contributed by atoms with E-state index in [0.29, 0.717) is 29.2 Å². The van der Waals surface area contributed by atoms with Crippen LogP contribution in [0.2, 0.25) is 0 Å². The van der Waals surface area contributed by atoms with Gasteiger partial charge in [-0.1, -0.05) is 37.3 Å². The zero-order valence-electron chi connectivity index (χ0n) is 24.9. The molecule has 6 rings (SSSR count). The number of nitrogens with zero attached hydrogens (tertiary/aromatic N) is 3. The van der Waals surface area contributed by atoms with Crippen molar-refractivity contribution in [1.82, 2.24) is 0 Å². The second kappa shape index (κ2) is 12.7. The van der Waals surface area contributed by atoms with E-state index in [9.17, 15) is 24.5 Å². The Morgan fingerprint density at radius 1 is 0.891 bits per heavy atom. The maximum absolute atomic E-state index is 14.1. The summed E-state index contributed by atoms with van der Waals surface area (Å²) in [5.74, 6) is -1.75. The van der Waals surface area contributed by atoms with Gasteiger partial charge in [-0.2, -0.15) is 0 Å². The van der Waals surface area contributed by atoms with Crippen molar-refractivity contribution >= 4 is 34.8 Å². The fourth-order valence-corrected chi connectivity index (χ4v) is 5.57. The number of ether oxygens (including phenoxy) is 3. The molecule has 0 aliphatic carbocycles. The molecule has 2 heterocycles. The lowest BCUT2D eigenvalue weighted by atomic mass is 9.90. The Bertz CT molecular complexity index is 1800. The molecule has 2 aliphatic rings. The normalized spacial score (nSPS) is 18.8. The number of hydrogen-bond acceptors (Lipinski definition) is 10. The number of carbonyl (C=O) groups is 3. The Morgan fingerprint density at radius 2 is 1.65 bits per heavy atom. The number of hydrogen-bond donors (Lipinski definition) is 0. The largest absolute Gasteiger partial charge is 0.494 e. The molecule has 2 fully saturated rings. The first-order valence-electron chi connectivity index (χ1n) is 14.6. The average Bonchev–Trinajstić information content (AvgIpc) is 3.59. The second-order valence-electron chi connectivity index (χ2n) is 10.6. The Labute approximate surface area is 263 Å². The van der Waals surface area contributed by atoms with Crippen molar-refractivity contribution in [2.24, 2.45) is 5.92 Å². The number of nitro benzene ring substituents is 1. The number of non-ortho nitro benzene ring substituents is 1. The monoisotopic (exact) mass is 623 g/mol. The molecule has 0 spiro atoms. The molecule has 4 aromatic rings. The number of anilines is 2. The zero-order chi connectivity index (χ0) is 32.4. The minimum Gasteiger partial charge on any atom is -0.494 e. The van der Waals surface area contributed by atoms with E-state index in [0.717, 1.165) is 11.3 Å². The molecular formula is C34H29N3O9. The second-order valence-corrected chi connectivity index (χ2v) is 10.6. The van der Waals surface area contributed by atoms with Crippen LogP contribution in [0.5, 0.6) is 17.2 Å². The van der Waals surface area contributed by atoms with E-state index >= 15 is 0 Å². The van der Waals surface area contributed by atoms with Crippen molar-refractivity contribution in [3.63, 3.8) is 0 Å². The number of amides is 2. The van der Waals surface area contributed by atoms with Gasteiger partial charge in [-0.05, 0) is 66.6 Å². The van der Waals surface area contributed by atoms with Crippen molar-refractivity contribution in [3.8, 4) is 17.2 Å². The molecule has 0 saturated carbocycles. The summed E-state index contributed by atoms with van der Waals surface area (Å²) in [6.45, 7) is 2.52. The summed E-state index contributed by atoms with van der Waals surface area (Å²) < 4.78 is 16.8. The van der Waals surface area contributed by atoms with Crippen molar-refractivity contribution < 1.29 is 38.4 Å². The SMILES string of the molecule is CCCOc1ccc(N2C(=O)[C@H]3[C@@H](c4ccc(OC(=O)c5ccccc5)c(OC)c4)N(c4cccc([N+](=O)[O-])c4)O[C@H]3C2=O)cc1. The zero-order valence-corrected chi connectivity index (χ0v) is 24.9. The lowest BCUT2D eigenvalue weighted by Crippen LogP contribution is -2.37. The predicted octanol–water partition coefficient (Wildman–Crippen LogP) is 5.66. The summed E-state index contributed by atoms with van der Waals surface area (Å²) in [6, 6.07) is 24.7. The van der Waals surface area contributed by atoms with Crippen LogP contribution in [0.1, 0.15) is 35.3 Å². The molecule has 0 N–H and O–H groups in total. The fraction of sp³-hybridized carbons (Fsp3) is 0.206. The van der Waals surface area contributed by atoms with E-state index in [2.05, 4.69) is 0 Å². The van der Waals surface area contributed by atoms with Crippen LogP contribution in [-0.2, 0) is 14.4 Å². The van der Waals surface area contributed by atoms with Gasteiger partial charge in [0.2, 0.25) is 5.91 Å². The summed E-state index contributed by atoms with van der Waals surface area (Å²) in [6.07, 6.45) is -0.385. The molecule has 2 saturated heterocycles. The lowest BCUT2D eigenvalue weighted by Gasteiger charge is -2.29. The highest BCUT2D eigenvalue weighted by Crippen LogP contribution is 2.49. The maximum atomic E-state index is 14.1. The van der Waals surface area contributed by atoms with Crippen LogP contribution in [-0.4, -0.2) is 42.5 Å². The molecule has 2 aliphatic heterocycles. The van der Waals surface area contributed by atoms with Crippen LogP contribution in [0.25, 0.3) is 0 Å². The molecule has 0 bridgehead atoms. The summed E-state index contributed by atoms with van der Waals surface area (Å²) in [7, 11) is 1.41. The number of fused-ring (bicyclic) bond motifs is 1. The van der Waals surface area contributed by atoms with E-state index in [-0.39, 0.29) is 22.9 Å². The molecule has 12 heteroatoms. The van der Waals surface area contributed by atoms with Crippen LogP contribution >= 0.6 is 0 Å². The van der Waals surface area contributed by atoms with E-state index in [1.165, 1.54) is 36.4 Å². The molecule has 12 nitrogen and oxygen atoms in total. The van der Waals surface area contributed by atoms with Gasteiger partial charge in [0.25, 0.3) is 11.6 Å². The minimum absolute atomic E-state index is 0.137. The molecule has 234 valence electrons. The molecule has 0 unspecified atom stereocenters. The molecule has 0 radical (unpaired) electrons. The van der Waals surface area contributed by atoms with E-state index < -0.39 is 40.8 Å². The number of carbonyl (C=O) groups excluding carboxylic acids is 3. The Morgan fingerprint density at radius 3 is 2.35 bits per heavy atom. The van der Waals surface area contributed by atoms with Gasteiger partial charge in [0.1, 0.15) is 11.7 Å². The van der Waals surface area contributed by atoms with Crippen LogP contribution in [0.15, 0.2) is 97.1 Å². The summed E-state index contributed by atoms with van der Waals surface area (Å²) >= 11 is 0. The van der Waals surface area contributed by atoms with Gasteiger partial charge >= 0.3 is 5.97 Å². The molecule has 2 amide bonds. The summed E-state index contributed by atoms with van der Waals surface area (Å²) in [5.41, 5.74) is 1.27. The standard InChI is InChI=1S/C34H29N3O9/c1-3-18-44-26-15-13-23(14-16-26)35-32(38)29-30(36(46-31(29)33(35)39)24-10-7-11-25(20-24)37(41)42)22-12-17-27(28(19-22)43-2)45-34(40)21-8-5-4-6-9-21/h4-17,19-20,29-31H,3,18H2,1-2H3/t29-,30+,31+/m0/s1. The highest BCUT2D eigenvalue weighted by molar-refractivity contribution is 6.24. The third-order valence-corrected chi connectivity index (χ3v) is 7.72. The topological polar surface area (TPSA) is 138 Å². The van der Waals surface area contributed by atoms with E-state index in [4.69, 9.17) is 19.0 Å². The van der Waals surface area contributed by atoms with Crippen LogP contribution in [0.3, 0.4) is 0 Å². The highest BCUT2D eigenvalue weighted by atomic mass is 16.7. The number of nitro groups is 1. The molecule has 4 aromatic carbocycles. The van der Waals surface area contributed by atoms with Gasteiger partial charge in [0.15, 0.2) is 17.6 Å². The van der Waals surface area contributed by atoms with Gasteiger partial charge in [0, 0.05) is 12.1 Å². The summed E-state index contributed by atoms with van der Waals surface area (Å²) in [5, 5.41) is 12.9. The minimum atomic E-state index is -1.21. The average molecular weight is 624 g/mol. The predicted molar refractivity (Wildman–Crippen MR) is 166 cm³/mol. The number of esters is 1. The summed E-state index contributed by atoms with van der Waals surface area (Å²) in [4.78, 5) is 58.9. The van der Waals surface area contributed by atoms with Crippen molar-refractivity contribution in [3.05, 3.63) is 118 Å². The molecule has 3 atom stereocenters. The van der Waals surface area contributed by atoms with Crippen LogP contribution < -0.4 is 24.2 Å². The quantitative estimate of drug-likeness (QED) is 0.0715. The van der Waals surface area contributed by atoms with Gasteiger partial charge in [-0.15, -0.1) is 0 Å². The first-order valence-corrected chi connectivity index (χ1v) is 14.6. The molecule has 46 heavy (non-hydrogen) atoms. The van der Waals surface area contributed by atoms with Gasteiger partial charge in [0.05, 0.1) is 41.6 Å². The lowest BCUT2D eigenvalue weighted by molar-refractivity contribution is -0.384. The van der Waals surface area contributed by atoms with E-state index in [1.54, 1.807) is 72.8 Å². The number of methoxy groups -OCH3 is 1. The molecular weight excluding hydrogens is 594 g/mol.